The maximum absolute atomic E-state index is 13.5. The van der Waals surface area contributed by atoms with Crippen LogP contribution in [0, 0.1) is 10.1 Å². The molecule has 1 aromatic carbocycles. The third kappa shape index (κ3) is 6.47. The smallest absolute Gasteiger partial charge is 0.403 e. The van der Waals surface area contributed by atoms with Crippen LogP contribution in [-0.2, 0) is 31.5 Å². The van der Waals surface area contributed by atoms with Gasteiger partial charge < -0.3 is 25.1 Å². The van der Waals surface area contributed by atoms with Crippen LogP contribution in [0.3, 0.4) is 0 Å². The molecule has 0 bridgehead atoms. The van der Waals surface area contributed by atoms with Gasteiger partial charge in [0.15, 0.2) is 6.23 Å². The maximum Gasteiger partial charge on any atom is 0.433 e. The Balaban J connectivity index is 1.45. The number of hydrogen-bond acceptors (Lipinski definition) is 12. The first-order valence-electron chi connectivity index (χ1n) is 10.9. The number of aromatic nitrogens is 2. The largest absolute Gasteiger partial charge is 0.433 e. The van der Waals surface area contributed by atoms with Crippen molar-refractivity contribution in [2.45, 2.75) is 37.7 Å². The van der Waals surface area contributed by atoms with Crippen LogP contribution in [0.15, 0.2) is 63.9 Å². The molecule has 2 aromatic heterocycles. The molecule has 1 aliphatic rings. The Labute approximate surface area is 209 Å². The number of benzene rings is 1. The van der Waals surface area contributed by atoms with Crippen molar-refractivity contribution in [3.63, 3.8) is 0 Å². The summed E-state index contributed by atoms with van der Waals surface area (Å²) in [5, 5.41) is 34.4. The van der Waals surface area contributed by atoms with Crippen LogP contribution in [-0.4, -0.2) is 49.6 Å². The molecule has 0 radical (unpaired) electrons. The number of nitrogens with one attached hydrogen (secondary N) is 1. The van der Waals surface area contributed by atoms with Crippen molar-refractivity contribution in [1.29, 1.82) is 0 Å². The Morgan fingerprint density at radius 1 is 1.16 bits per heavy atom. The Kier molecular flexibility index (Phi) is 8.14. The predicted molar refractivity (Wildman–Crippen MR) is 126 cm³/mol. The number of anilines is 1. The molecule has 37 heavy (non-hydrogen) atoms. The first kappa shape index (κ1) is 26.6. The highest BCUT2D eigenvalue weighted by atomic mass is 31.2. The summed E-state index contributed by atoms with van der Waals surface area (Å²) in [6.45, 7) is -0.871. The van der Waals surface area contributed by atoms with Gasteiger partial charge in [0.2, 0.25) is 0 Å². The summed E-state index contributed by atoms with van der Waals surface area (Å²) in [6.07, 6.45) is -4.29. The fraction of sp³-hybridized carbons (Fsp3) is 0.333. The van der Waals surface area contributed by atoms with E-state index in [9.17, 15) is 29.7 Å². The maximum atomic E-state index is 13.5. The van der Waals surface area contributed by atoms with Gasteiger partial charge in [-0.1, -0.05) is 30.3 Å². The summed E-state index contributed by atoms with van der Waals surface area (Å²) < 4.78 is 36.0. The molecule has 16 heteroatoms. The van der Waals surface area contributed by atoms with E-state index in [0.29, 0.717) is 0 Å². The number of furan rings is 1. The number of nitrogen functional groups attached to an aromatic ring is 1. The molecule has 0 amide bonds. The van der Waals surface area contributed by atoms with E-state index in [2.05, 4.69) is 10.1 Å². The van der Waals surface area contributed by atoms with Crippen molar-refractivity contribution in [1.82, 2.24) is 14.6 Å². The number of hydrogen-bond donors (Lipinski definition) is 4. The molecule has 0 aliphatic carbocycles. The molecule has 198 valence electrons. The molecule has 0 saturated carbocycles. The van der Waals surface area contributed by atoms with Crippen LogP contribution in [0.4, 0.5) is 11.7 Å². The minimum absolute atomic E-state index is 0.0277. The lowest BCUT2D eigenvalue weighted by molar-refractivity contribution is -0.402. The Morgan fingerprint density at radius 2 is 1.92 bits per heavy atom. The molecule has 5 N–H and O–H groups in total. The minimum Gasteiger partial charge on any atom is -0.403 e. The highest BCUT2D eigenvalue weighted by Crippen LogP contribution is 2.46. The lowest BCUT2D eigenvalue weighted by atomic mass is 10.1. The summed E-state index contributed by atoms with van der Waals surface area (Å²) in [6, 6.07) is 12.7. The van der Waals surface area contributed by atoms with Crippen molar-refractivity contribution in [2.75, 3.05) is 12.3 Å². The van der Waals surface area contributed by atoms with Gasteiger partial charge in [-0.2, -0.15) is 4.98 Å². The van der Waals surface area contributed by atoms with Gasteiger partial charge in [0.1, 0.15) is 41.4 Å². The van der Waals surface area contributed by atoms with Crippen LogP contribution >= 0.6 is 7.75 Å². The van der Waals surface area contributed by atoms with Crippen LogP contribution in [0.2, 0.25) is 0 Å². The summed E-state index contributed by atoms with van der Waals surface area (Å²) in [7, 11) is -4.12. The molecular weight excluding hydrogens is 513 g/mol. The van der Waals surface area contributed by atoms with Crippen molar-refractivity contribution in [3.8, 4) is 0 Å². The van der Waals surface area contributed by atoms with Gasteiger partial charge in [-0.25, -0.2) is 14.4 Å². The van der Waals surface area contributed by atoms with E-state index < -0.39 is 62.0 Å². The number of aliphatic hydroxyl groups excluding tert-OH is 2. The van der Waals surface area contributed by atoms with Gasteiger partial charge in [-0.05, 0) is 17.7 Å². The second-order valence-corrected chi connectivity index (χ2v) is 9.80. The number of ether oxygens (including phenoxy) is 1. The average Bonchev–Trinajstić information content (AvgIpc) is 3.47. The molecule has 0 spiro atoms. The zero-order valence-electron chi connectivity index (χ0n) is 19.2. The van der Waals surface area contributed by atoms with Gasteiger partial charge >= 0.3 is 19.3 Å². The van der Waals surface area contributed by atoms with Gasteiger partial charge in [0.05, 0.1) is 12.7 Å². The van der Waals surface area contributed by atoms with E-state index in [1.165, 1.54) is 18.3 Å². The van der Waals surface area contributed by atoms with E-state index in [4.69, 9.17) is 23.9 Å². The predicted octanol–water partition coefficient (Wildman–Crippen LogP) is 1.08. The number of aliphatic hydroxyl groups is 2. The average molecular weight is 537 g/mol. The molecule has 4 rings (SSSR count). The Morgan fingerprint density at radius 3 is 2.59 bits per heavy atom. The lowest BCUT2D eigenvalue weighted by Gasteiger charge is -2.22. The Hall–Kier alpha value is -3.43. The molecule has 1 fully saturated rings. The summed E-state index contributed by atoms with van der Waals surface area (Å²) in [5.74, 6) is -0.514. The van der Waals surface area contributed by atoms with Crippen molar-refractivity contribution in [2.24, 2.45) is 0 Å². The summed E-state index contributed by atoms with van der Waals surface area (Å²) in [5.41, 5.74) is 5.43. The first-order chi connectivity index (χ1) is 17.6. The van der Waals surface area contributed by atoms with Crippen LogP contribution < -0.4 is 16.5 Å². The highest BCUT2D eigenvalue weighted by molar-refractivity contribution is 7.51. The van der Waals surface area contributed by atoms with E-state index >= 15 is 0 Å². The minimum atomic E-state index is -4.12. The third-order valence-corrected chi connectivity index (χ3v) is 6.90. The molecule has 2 unspecified atom stereocenters. The third-order valence-electron chi connectivity index (χ3n) is 5.40. The molecule has 1 aliphatic heterocycles. The zero-order valence-corrected chi connectivity index (χ0v) is 20.0. The molecule has 3 heterocycles. The van der Waals surface area contributed by atoms with Gasteiger partial charge in [-0.3, -0.25) is 23.7 Å². The van der Waals surface area contributed by atoms with E-state index in [1.54, 1.807) is 24.3 Å². The fourth-order valence-electron chi connectivity index (χ4n) is 3.49. The summed E-state index contributed by atoms with van der Waals surface area (Å²) in [4.78, 5) is 25.8. The van der Waals surface area contributed by atoms with Crippen LogP contribution in [0.5, 0.6) is 0 Å². The molecule has 1 saturated heterocycles. The number of nitrogens with two attached hydrogens (primary N) is 1. The van der Waals surface area contributed by atoms with E-state index in [1.807, 2.05) is 6.07 Å². The van der Waals surface area contributed by atoms with Gasteiger partial charge in [-0.15, -0.1) is 0 Å². The standard InChI is InChI=1S/C21H24N5O10P/c22-16-8-9-25(21(29)24-16)20-19(28)18(27)15(36-20)12-34-37(32,23-10-13-4-2-1-3-5-13)33-11-14-6-7-17(35-14)26(30)31/h1-9,15,18-20,27-28H,10-12H2,(H,23,32)(H2,22,24,29)/t15-,18?,19-,20-,37?/m1/s1. The highest BCUT2D eigenvalue weighted by Gasteiger charge is 2.45. The van der Waals surface area contributed by atoms with Crippen molar-refractivity contribution < 1.29 is 37.9 Å². The topological polar surface area (TPSA) is 214 Å². The fourth-order valence-corrected chi connectivity index (χ4v) is 4.76. The monoisotopic (exact) mass is 537 g/mol. The molecule has 15 nitrogen and oxygen atoms in total. The van der Waals surface area contributed by atoms with E-state index in [-0.39, 0.29) is 18.1 Å². The van der Waals surface area contributed by atoms with Gasteiger partial charge in [0.25, 0.3) is 0 Å². The summed E-state index contributed by atoms with van der Waals surface area (Å²) >= 11 is 0. The molecule has 5 atom stereocenters. The lowest BCUT2D eigenvalue weighted by Crippen LogP contribution is -2.36. The number of rotatable bonds is 11. The number of nitro groups is 1. The van der Waals surface area contributed by atoms with Crippen LogP contribution in [0.25, 0.3) is 0 Å². The molecular formula is C21H24N5O10P. The van der Waals surface area contributed by atoms with Gasteiger partial charge in [0, 0.05) is 12.7 Å². The SMILES string of the molecule is Nc1ccn([C@@H]2O[C@H](COP(=O)(NCc3ccccc3)OCc3ccc([N+](=O)[O-])o3)C(O)[C@H]2O)c(=O)n1. The zero-order chi connectivity index (χ0) is 26.6. The normalized spacial score (nSPS) is 23.1. The number of nitrogens with zero attached hydrogens (tertiary/aromatic N) is 3. The first-order valence-corrected chi connectivity index (χ1v) is 12.5. The van der Waals surface area contributed by atoms with Crippen LogP contribution in [0.1, 0.15) is 17.6 Å². The second kappa shape index (κ2) is 11.3. The van der Waals surface area contributed by atoms with Crippen molar-refractivity contribution in [3.05, 3.63) is 86.7 Å². The second-order valence-electron chi connectivity index (χ2n) is 7.97. The Bertz CT molecular complexity index is 1330. The van der Waals surface area contributed by atoms with E-state index in [0.717, 1.165) is 16.2 Å². The van der Waals surface area contributed by atoms with Crippen molar-refractivity contribution >= 4 is 19.4 Å². The molecule has 3 aromatic rings. The quantitative estimate of drug-likeness (QED) is 0.153.